The van der Waals surface area contributed by atoms with Gasteiger partial charge in [0.15, 0.2) is 17.0 Å². The third-order valence-corrected chi connectivity index (χ3v) is 8.43. The molecule has 0 radical (unpaired) electrons. The Morgan fingerprint density at radius 2 is 1.67 bits per heavy atom. The van der Waals surface area contributed by atoms with Gasteiger partial charge in [-0.25, -0.2) is 0 Å². The molecule has 2 aliphatic heterocycles. The molecule has 7 nitrogen and oxygen atoms in total. The Labute approximate surface area is 228 Å². The predicted octanol–water partition coefficient (Wildman–Crippen LogP) is 4.98. The molecule has 1 saturated heterocycles. The van der Waals surface area contributed by atoms with Crippen LogP contribution in [0, 0.1) is 0 Å². The predicted molar refractivity (Wildman–Crippen MR) is 150 cm³/mol. The topological polar surface area (TPSA) is 74.9 Å². The van der Waals surface area contributed by atoms with E-state index in [0.717, 1.165) is 39.7 Å². The van der Waals surface area contributed by atoms with Gasteiger partial charge in [0, 0.05) is 29.9 Å². The lowest BCUT2D eigenvalue weighted by Crippen LogP contribution is -2.67. The standard InChI is InChI=1S/C32H33N3O4/c1-5-20-10-13-22(14-11-20)24-18-35-28(36)19-34(17-21-12-15-26(38-3)27(16-21)39-4)31(37)32(35,2)30-29(24)23-8-6-7-9-25(23)33-30/h6-16,24,33H,5,17-19H2,1-4H3/t24-,32+/m1/s1. The van der Waals surface area contributed by atoms with Crippen LogP contribution in [0.25, 0.3) is 10.9 Å². The highest BCUT2D eigenvalue weighted by atomic mass is 16.5. The van der Waals surface area contributed by atoms with Crippen molar-refractivity contribution in [3.8, 4) is 11.5 Å². The summed E-state index contributed by atoms with van der Waals surface area (Å²) in [6, 6.07) is 22.4. The van der Waals surface area contributed by atoms with Crippen molar-refractivity contribution >= 4 is 22.7 Å². The Morgan fingerprint density at radius 1 is 0.949 bits per heavy atom. The molecule has 4 aromatic rings. The van der Waals surface area contributed by atoms with E-state index in [-0.39, 0.29) is 24.3 Å². The number of hydrogen-bond donors (Lipinski definition) is 1. The van der Waals surface area contributed by atoms with Gasteiger partial charge in [0.25, 0.3) is 5.91 Å². The van der Waals surface area contributed by atoms with Crippen molar-refractivity contribution < 1.29 is 19.1 Å². The minimum absolute atomic E-state index is 0.0276. The van der Waals surface area contributed by atoms with E-state index in [2.05, 4.69) is 42.2 Å². The SMILES string of the molecule is CCc1ccc([C@H]2CN3C(=O)CN(Cc4ccc(OC)c(OC)c4)C(=O)[C@]3(C)c3[nH]c4ccccc4c32)cc1. The molecule has 7 heteroatoms. The second-order valence-corrected chi connectivity index (χ2v) is 10.5. The van der Waals surface area contributed by atoms with Gasteiger partial charge in [0.2, 0.25) is 5.91 Å². The third kappa shape index (κ3) is 3.87. The number of carbonyl (C=O) groups is 2. The summed E-state index contributed by atoms with van der Waals surface area (Å²) in [5, 5.41) is 1.09. The van der Waals surface area contributed by atoms with Crippen molar-refractivity contribution in [1.29, 1.82) is 0 Å². The normalized spacial score (nSPS) is 20.7. The van der Waals surface area contributed by atoms with E-state index in [1.807, 2.05) is 43.3 Å². The van der Waals surface area contributed by atoms with Crippen LogP contribution in [0.1, 0.15) is 47.7 Å². The van der Waals surface area contributed by atoms with E-state index in [9.17, 15) is 9.59 Å². The Hall–Kier alpha value is -4.26. The van der Waals surface area contributed by atoms with Crippen LogP contribution < -0.4 is 9.47 Å². The number of aryl methyl sites for hydroxylation is 1. The van der Waals surface area contributed by atoms with Crippen LogP contribution in [0.4, 0.5) is 0 Å². The van der Waals surface area contributed by atoms with E-state index < -0.39 is 5.54 Å². The number of aromatic amines is 1. The minimum Gasteiger partial charge on any atom is -0.493 e. The number of H-pyrrole nitrogens is 1. The zero-order chi connectivity index (χ0) is 27.3. The van der Waals surface area contributed by atoms with E-state index in [1.54, 1.807) is 24.0 Å². The lowest BCUT2D eigenvalue weighted by atomic mass is 9.76. The summed E-state index contributed by atoms with van der Waals surface area (Å²) in [5.74, 6) is 1.02. The maximum Gasteiger partial charge on any atom is 0.255 e. The second-order valence-electron chi connectivity index (χ2n) is 10.5. The molecular weight excluding hydrogens is 490 g/mol. The quantitative estimate of drug-likeness (QED) is 0.387. The number of rotatable bonds is 6. The van der Waals surface area contributed by atoms with Gasteiger partial charge in [-0.15, -0.1) is 0 Å². The molecule has 0 aliphatic carbocycles. The van der Waals surface area contributed by atoms with Crippen LogP contribution in [-0.4, -0.2) is 53.9 Å². The molecule has 0 unspecified atom stereocenters. The maximum absolute atomic E-state index is 14.3. The van der Waals surface area contributed by atoms with Gasteiger partial charge < -0.3 is 24.3 Å². The number of ether oxygens (including phenoxy) is 2. The minimum atomic E-state index is -1.14. The number of para-hydroxylation sites is 1. The molecule has 0 saturated carbocycles. The summed E-state index contributed by atoms with van der Waals surface area (Å²) in [7, 11) is 3.17. The van der Waals surface area contributed by atoms with Crippen LogP contribution in [0.15, 0.2) is 66.7 Å². The fourth-order valence-electron chi connectivity index (χ4n) is 6.29. The summed E-state index contributed by atoms with van der Waals surface area (Å²) in [4.78, 5) is 35.1. The Kier molecular flexibility index (Phi) is 6.09. The van der Waals surface area contributed by atoms with Crippen LogP contribution in [0.2, 0.25) is 0 Å². The summed E-state index contributed by atoms with van der Waals surface area (Å²) in [5.41, 5.74) is 5.02. The number of amides is 2. The molecule has 200 valence electrons. The van der Waals surface area contributed by atoms with Gasteiger partial charge in [-0.1, -0.05) is 55.5 Å². The van der Waals surface area contributed by atoms with Crippen molar-refractivity contribution in [3.63, 3.8) is 0 Å². The fraction of sp³-hybridized carbons (Fsp3) is 0.312. The largest absolute Gasteiger partial charge is 0.493 e. The lowest BCUT2D eigenvalue weighted by Gasteiger charge is -2.51. The van der Waals surface area contributed by atoms with Crippen LogP contribution in [0.3, 0.4) is 0 Å². The van der Waals surface area contributed by atoms with Crippen molar-refractivity contribution in [2.45, 2.75) is 38.3 Å². The van der Waals surface area contributed by atoms with Crippen molar-refractivity contribution in [1.82, 2.24) is 14.8 Å². The number of nitrogens with one attached hydrogen (secondary N) is 1. The first kappa shape index (κ1) is 25.0. The molecule has 3 aromatic carbocycles. The number of benzene rings is 3. The van der Waals surface area contributed by atoms with E-state index >= 15 is 0 Å². The van der Waals surface area contributed by atoms with E-state index in [4.69, 9.17) is 9.47 Å². The number of fused-ring (bicyclic) bond motifs is 5. The lowest BCUT2D eigenvalue weighted by molar-refractivity contribution is -0.166. The Bertz CT molecular complexity index is 1570. The summed E-state index contributed by atoms with van der Waals surface area (Å²) in [6.45, 7) is 4.81. The monoisotopic (exact) mass is 523 g/mol. The highest BCUT2D eigenvalue weighted by Crippen LogP contribution is 2.48. The van der Waals surface area contributed by atoms with Gasteiger partial charge in [0.05, 0.1) is 19.9 Å². The van der Waals surface area contributed by atoms with Gasteiger partial charge in [-0.2, -0.15) is 0 Å². The maximum atomic E-state index is 14.3. The van der Waals surface area contributed by atoms with Gasteiger partial charge in [-0.05, 0) is 53.8 Å². The molecule has 0 bridgehead atoms. The number of hydrogen-bond acceptors (Lipinski definition) is 4. The molecule has 1 aromatic heterocycles. The third-order valence-electron chi connectivity index (χ3n) is 8.43. The molecular formula is C32H33N3O4. The molecule has 6 rings (SSSR count). The van der Waals surface area contributed by atoms with Gasteiger partial charge in [0.1, 0.15) is 6.54 Å². The fourth-order valence-corrected chi connectivity index (χ4v) is 6.29. The first-order valence-electron chi connectivity index (χ1n) is 13.4. The molecule has 2 atom stereocenters. The first-order chi connectivity index (χ1) is 18.9. The summed E-state index contributed by atoms with van der Waals surface area (Å²) in [6.07, 6.45) is 0.969. The van der Waals surface area contributed by atoms with E-state index in [1.165, 1.54) is 5.56 Å². The zero-order valence-corrected chi connectivity index (χ0v) is 22.8. The second kappa shape index (κ2) is 9.49. The number of aromatic nitrogens is 1. The van der Waals surface area contributed by atoms with Gasteiger partial charge >= 0.3 is 0 Å². The average Bonchev–Trinajstić information content (AvgIpc) is 3.37. The van der Waals surface area contributed by atoms with Crippen molar-refractivity contribution in [2.24, 2.45) is 0 Å². The molecule has 3 heterocycles. The highest BCUT2D eigenvalue weighted by Gasteiger charge is 2.56. The number of piperazine rings is 1. The van der Waals surface area contributed by atoms with Crippen LogP contribution in [0.5, 0.6) is 11.5 Å². The smallest absolute Gasteiger partial charge is 0.255 e. The number of carbonyl (C=O) groups excluding carboxylic acids is 2. The molecule has 0 spiro atoms. The highest BCUT2D eigenvalue weighted by molar-refractivity contribution is 6.01. The summed E-state index contributed by atoms with van der Waals surface area (Å²) < 4.78 is 10.8. The van der Waals surface area contributed by atoms with Crippen LogP contribution >= 0.6 is 0 Å². The number of methoxy groups -OCH3 is 2. The first-order valence-corrected chi connectivity index (χ1v) is 13.4. The molecule has 2 amide bonds. The van der Waals surface area contributed by atoms with Crippen molar-refractivity contribution in [2.75, 3.05) is 27.3 Å². The molecule has 39 heavy (non-hydrogen) atoms. The molecule has 1 N–H and O–H groups in total. The molecule has 1 fully saturated rings. The van der Waals surface area contributed by atoms with E-state index in [0.29, 0.717) is 24.6 Å². The zero-order valence-electron chi connectivity index (χ0n) is 22.8. The van der Waals surface area contributed by atoms with Crippen LogP contribution in [-0.2, 0) is 28.1 Å². The van der Waals surface area contributed by atoms with Crippen molar-refractivity contribution in [3.05, 3.63) is 94.7 Å². The molecule has 2 aliphatic rings. The Balaban J connectivity index is 1.44. The average molecular weight is 524 g/mol. The number of nitrogens with zero attached hydrogens (tertiary/aromatic N) is 2. The summed E-state index contributed by atoms with van der Waals surface area (Å²) >= 11 is 0. The Morgan fingerprint density at radius 3 is 2.38 bits per heavy atom. The van der Waals surface area contributed by atoms with Gasteiger partial charge in [-0.3, -0.25) is 9.59 Å².